The maximum absolute atomic E-state index is 12.7. The number of H-pyrrole nitrogens is 1. The largest absolute Gasteiger partial charge is 0.444 e. The van der Waals surface area contributed by atoms with E-state index in [4.69, 9.17) is 15.5 Å². The van der Waals surface area contributed by atoms with Gasteiger partial charge in [-0.1, -0.05) is 6.07 Å². The Kier molecular flexibility index (Phi) is 5.50. The van der Waals surface area contributed by atoms with Gasteiger partial charge in [0, 0.05) is 30.2 Å². The zero-order valence-corrected chi connectivity index (χ0v) is 19.1. The van der Waals surface area contributed by atoms with E-state index in [1.165, 1.54) is 0 Å². The molecule has 3 aromatic heterocycles. The van der Waals surface area contributed by atoms with Gasteiger partial charge in [-0.15, -0.1) is 0 Å². The smallest absolute Gasteiger partial charge is 0.410 e. The minimum absolute atomic E-state index is 0.321. The van der Waals surface area contributed by atoms with Gasteiger partial charge in [0.05, 0.1) is 23.3 Å². The summed E-state index contributed by atoms with van der Waals surface area (Å²) in [6, 6.07) is 7.96. The molecule has 0 unspecified atom stereocenters. The van der Waals surface area contributed by atoms with E-state index >= 15 is 0 Å². The molecule has 3 N–H and O–H groups in total. The Labute approximate surface area is 186 Å². The van der Waals surface area contributed by atoms with Crippen LogP contribution in [0.2, 0.25) is 0 Å². The first-order chi connectivity index (χ1) is 15.2. The molecular formula is C23H29N7O2. The van der Waals surface area contributed by atoms with Crippen molar-refractivity contribution in [3.05, 3.63) is 36.3 Å². The topological polar surface area (TPSA) is 115 Å². The van der Waals surface area contributed by atoms with Crippen molar-refractivity contribution in [2.24, 2.45) is 0 Å². The Hall–Kier alpha value is -3.62. The molecule has 0 bridgehead atoms. The molecule has 0 saturated carbocycles. The zero-order valence-electron chi connectivity index (χ0n) is 19.1. The van der Waals surface area contributed by atoms with E-state index in [-0.39, 0.29) is 6.09 Å². The first-order valence-electron chi connectivity index (χ1n) is 10.8. The van der Waals surface area contributed by atoms with Gasteiger partial charge < -0.3 is 19.9 Å². The molecule has 32 heavy (non-hydrogen) atoms. The van der Waals surface area contributed by atoms with Gasteiger partial charge in [-0.05, 0) is 52.8 Å². The monoisotopic (exact) mass is 435 g/mol. The lowest BCUT2D eigenvalue weighted by Crippen LogP contribution is -2.37. The number of carbonyl (C=O) groups is 1. The Morgan fingerprint density at radius 3 is 2.62 bits per heavy atom. The van der Waals surface area contributed by atoms with Crippen LogP contribution in [0.4, 0.5) is 10.6 Å². The molecule has 0 aliphatic carbocycles. The second-order valence-electron chi connectivity index (χ2n) is 8.66. The molecule has 3 heterocycles. The number of aromatic amines is 1. The molecule has 0 radical (unpaired) electrons. The number of nitrogens with zero attached hydrogens (tertiary/aromatic N) is 5. The summed E-state index contributed by atoms with van der Waals surface area (Å²) in [5, 5.41) is 7.95. The van der Waals surface area contributed by atoms with E-state index in [1.807, 2.05) is 52.0 Å². The van der Waals surface area contributed by atoms with Crippen LogP contribution in [0.25, 0.3) is 33.2 Å². The predicted octanol–water partition coefficient (Wildman–Crippen LogP) is 4.33. The van der Waals surface area contributed by atoms with Gasteiger partial charge in [-0.2, -0.15) is 5.10 Å². The van der Waals surface area contributed by atoms with Crippen LogP contribution in [0.5, 0.6) is 0 Å². The van der Waals surface area contributed by atoms with Crippen molar-refractivity contribution in [1.29, 1.82) is 0 Å². The summed E-state index contributed by atoms with van der Waals surface area (Å²) in [4.78, 5) is 23.7. The fourth-order valence-corrected chi connectivity index (χ4v) is 3.81. The second-order valence-corrected chi connectivity index (χ2v) is 8.66. The number of amides is 1. The zero-order chi connectivity index (χ0) is 23.0. The van der Waals surface area contributed by atoms with Crippen LogP contribution < -0.4 is 5.73 Å². The number of ether oxygens (including phenoxy) is 1. The minimum atomic E-state index is -0.563. The summed E-state index contributed by atoms with van der Waals surface area (Å²) < 4.78 is 7.65. The first-order valence-corrected chi connectivity index (χ1v) is 10.8. The maximum Gasteiger partial charge on any atom is 0.410 e. The molecule has 1 aromatic carbocycles. The lowest BCUT2D eigenvalue weighted by Gasteiger charge is -2.26. The summed E-state index contributed by atoms with van der Waals surface area (Å²) in [5.41, 5.74) is 9.99. The number of pyridine rings is 1. The number of anilines is 1. The van der Waals surface area contributed by atoms with Gasteiger partial charge in [-0.3, -0.25) is 5.10 Å². The fourth-order valence-electron chi connectivity index (χ4n) is 3.81. The SMILES string of the molecule is CCN(Cc1nc2c(N)nc3cc(-c4ccn[nH]4)ccc3c2n1CC)C(=O)OC(C)(C)C. The van der Waals surface area contributed by atoms with Gasteiger partial charge in [0.2, 0.25) is 0 Å². The van der Waals surface area contributed by atoms with Crippen molar-refractivity contribution in [2.45, 2.75) is 53.3 Å². The highest BCUT2D eigenvalue weighted by molar-refractivity contribution is 6.07. The molecule has 1 amide bonds. The molecule has 0 atom stereocenters. The highest BCUT2D eigenvalue weighted by Crippen LogP contribution is 2.31. The van der Waals surface area contributed by atoms with E-state index in [1.54, 1.807) is 11.1 Å². The molecule has 0 fully saturated rings. The number of hydrogen-bond donors (Lipinski definition) is 2. The van der Waals surface area contributed by atoms with Crippen molar-refractivity contribution in [3.63, 3.8) is 0 Å². The number of fused-ring (bicyclic) bond motifs is 3. The van der Waals surface area contributed by atoms with Gasteiger partial charge in [0.1, 0.15) is 16.9 Å². The average Bonchev–Trinajstić information content (AvgIpc) is 3.38. The van der Waals surface area contributed by atoms with Crippen LogP contribution in [0.1, 0.15) is 40.4 Å². The third-order valence-electron chi connectivity index (χ3n) is 5.28. The molecule has 0 spiro atoms. The molecule has 4 aromatic rings. The third-order valence-corrected chi connectivity index (χ3v) is 5.28. The number of rotatable bonds is 5. The molecule has 9 heteroatoms. The van der Waals surface area contributed by atoms with Crippen LogP contribution in [-0.2, 0) is 17.8 Å². The number of nitrogens with two attached hydrogens (primary N) is 1. The third kappa shape index (κ3) is 3.98. The van der Waals surface area contributed by atoms with E-state index in [2.05, 4.69) is 26.7 Å². The number of benzene rings is 1. The Bertz CT molecular complexity index is 1270. The summed E-state index contributed by atoms with van der Waals surface area (Å²) in [6.45, 7) is 11.0. The number of aromatic nitrogens is 5. The highest BCUT2D eigenvalue weighted by Gasteiger charge is 2.24. The number of nitrogens with one attached hydrogen (secondary N) is 1. The Morgan fingerprint density at radius 2 is 2.00 bits per heavy atom. The second kappa shape index (κ2) is 8.14. The van der Waals surface area contributed by atoms with Crippen molar-refractivity contribution < 1.29 is 9.53 Å². The summed E-state index contributed by atoms with van der Waals surface area (Å²) in [7, 11) is 0. The molecule has 0 aliphatic heterocycles. The first kappa shape index (κ1) is 21.6. The van der Waals surface area contributed by atoms with Crippen LogP contribution in [0.15, 0.2) is 30.5 Å². The standard InChI is InChI=1S/C23H29N7O2/c1-6-29(22(31)32-23(3,4)5)13-18-27-19-20(30(18)7-2)15-9-8-14(16-10-11-25-28-16)12-17(15)26-21(19)24/h8-12H,6-7,13H2,1-5H3,(H2,24,26)(H,25,28). The van der Waals surface area contributed by atoms with E-state index in [0.717, 1.165) is 33.5 Å². The van der Waals surface area contributed by atoms with Crippen molar-refractivity contribution in [1.82, 2.24) is 29.6 Å². The van der Waals surface area contributed by atoms with E-state index < -0.39 is 5.60 Å². The van der Waals surface area contributed by atoms with Gasteiger partial charge in [0.15, 0.2) is 5.82 Å². The molecule has 4 rings (SSSR count). The van der Waals surface area contributed by atoms with Crippen molar-refractivity contribution in [2.75, 3.05) is 12.3 Å². The number of aryl methyl sites for hydroxylation is 1. The average molecular weight is 436 g/mol. The molecule has 0 saturated heterocycles. The molecule has 168 valence electrons. The van der Waals surface area contributed by atoms with Crippen LogP contribution in [0.3, 0.4) is 0 Å². The molecule has 9 nitrogen and oxygen atoms in total. The number of nitrogen functional groups attached to an aromatic ring is 1. The maximum atomic E-state index is 12.7. The van der Waals surface area contributed by atoms with E-state index in [9.17, 15) is 4.79 Å². The normalized spacial score (nSPS) is 11.9. The molecular weight excluding hydrogens is 406 g/mol. The quantitative estimate of drug-likeness (QED) is 0.482. The number of imidazole rings is 1. The van der Waals surface area contributed by atoms with Crippen LogP contribution in [0, 0.1) is 0 Å². The Balaban J connectivity index is 1.80. The van der Waals surface area contributed by atoms with Gasteiger partial charge in [-0.25, -0.2) is 14.8 Å². The number of hydrogen-bond acceptors (Lipinski definition) is 6. The number of carbonyl (C=O) groups excluding carboxylic acids is 1. The Morgan fingerprint density at radius 1 is 1.22 bits per heavy atom. The van der Waals surface area contributed by atoms with Crippen molar-refractivity contribution in [3.8, 4) is 11.3 Å². The predicted molar refractivity (Wildman–Crippen MR) is 125 cm³/mol. The van der Waals surface area contributed by atoms with E-state index in [0.29, 0.717) is 31.0 Å². The van der Waals surface area contributed by atoms with Gasteiger partial charge in [0.25, 0.3) is 0 Å². The summed E-state index contributed by atoms with van der Waals surface area (Å²) in [6.07, 6.45) is 1.35. The van der Waals surface area contributed by atoms with Crippen molar-refractivity contribution >= 4 is 33.8 Å². The molecule has 0 aliphatic rings. The highest BCUT2D eigenvalue weighted by atomic mass is 16.6. The van der Waals surface area contributed by atoms with Crippen LogP contribution in [-0.4, -0.2) is 47.9 Å². The lowest BCUT2D eigenvalue weighted by atomic mass is 10.1. The fraction of sp³-hybridized carbons (Fsp3) is 0.391. The minimum Gasteiger partial charge on any atom is -0.444 e. The van der Waals surface area contributed by atoms with Gasteiger partial charge >= 0.3 is 6.09 Å². The lowest BCUT2D eigenvalue weighted by molar-refractivity contribution is 0.0238. The summed E-state index contributed by atoms with van der Waals surface area (Å²) >= 11 is 0. The summed E-state index contributed by atoms with van der Waals surface area (Å²) in [5.74, 6) is 1.11. The van der Waals surface area contributed by atoms with Crippen LogP contribution >= 0.6 is 0 Å².